The predicted molar refractivity (Wildman–Crippen MR) is 96.1 cm³/mol. The van der Waals surface area contributed by atoms with Gasteiger partial charge in [0.2, 0.25) is 11.7 Å². The van der Waals surface area contributed by atoms with Crippen LogP contribution in [-0.2, 0) is 0 Å². The summed E-state index contributed by atoms with van der Waals surface area (Å²) in [4.78, 5) is 18.4. The second kappa shape index (κ2) is 6.87. The molecule has 4 rings (SSSR count). The van der Waals surface area contributed by atoms with E-state index in [0.29, 0.717) is 30.6 Å². The molecule has 7 nitrogen and oxygen atoms in total. The van der Waals surface area contributed by atoms with E-state index in [1.807, 2.05) is 54.6 Å². The molecule has 132 valence electrons. The molecule has 1 saturated heterocycles. The Labute approximate surface area is 150 Å². The molecule has 3 aromatic rings. The highest BCUT2D eigenvalue weighted by Gasteiger charge is 2.35. The molecule has 0 spiro atoms. The topological polar surface area (TPSA) is 80.5 Å². The van der Waals surface area contributed by atoms with E-state index in [1.165, 1.54) is 0 Å². The number of amides is 2. The third-order valence-corrected chi connectivity index (χ3v) is 4.33. The van der Waals surface area contributed by atoms with Crippen LogP contribution in [0.2, 0.25) is 0 Å². The minimum Gasteiger partial charge on any atom is -0.496 e. The number of benzene rings is 2. The predicted octanol–water partition coefficient (Wildman–Crippen LogP) is 3.38. The maximum atomic E-state index is 12.2. The molecule has 1 aliphatic rings. The first kappa shape index (κ1) is 16.1. The molecule has 1 N–H and O–H groups in total. The van der Waals surface area contributed by atoms with E-state index in [4.69, 9.17) is 9.26 Å². The molecule has 26 heavy (non-hydrogen) atoms. The van der Waals surface area contributed by atoms with Gasteiger partial charge in [-0.15, -0.1) is 0 Å². The van der Waals surface area contributed by atoms with Crippen LogP contribution < -0.4 is 10.1 Å². The molecule has 2 aromatic carbocycles. The lowest BCUT2D eigenvalue weighted by Gasteiger charge is -2.36. The molecule has 1 aromatic heterocycles. The number of hydrogen-bond acceptors (Lipinski definition) is 5. The van der Waals surface area contributed by atoms with Crippen LogP contribution in [0.25, 0.3) is 11.4 Å². The van der Waals surface area contributed by atoms with Gasteiger partial charge in [0.15, 0.2) is 0 Å². The summed E-state index contributed by atoms with van der Waals surface area (Å²) >= 11 is 0. The summed E-state index contributed by atoms with van der Waals surface area (Å²) in [5, 5.41) is 6.92. The molecule has 0 aliphatic carbocycles. The number of rotatable bonds is 4. The molecule has 2 heterocycles. The third-order valence-electron chi connectivity index (χ3n) is 4.33. The SMILES string of the molecule is COc1ccccc1-c1noc(C2CN(C(=O)Nc3ccccc3)C2)n1. The number of carbonyl (C=O) groups is 1. The van der Waals surface area contributed by atoms with Gasteiger partial charge in [-0.25, -0.2) is 4.79 Å². The highest BCUT2D eigenvalue weighted by Crippen LogP contribution is 2.31. The molecular weight excluding hydrogens is 332 g/mol. The lowest BCUT2D eigenvalue weighted by molar-refractivity contribution is 0.147. The van der Waals surface area contributed by atoms with Gasteiger partial charge in [0.25, 0.3) is 0 Å². The number of anilines is 1. The first-order valence-electron chi connectivity index (χ1n) is 8.32. The molecular formula is C19H18N4O3. The summed E-state index contributed by atoms with van der Waals surface area (Å²) in [5.74, 6) is 1.77. The molecule has 0 radical (unpaired) electrons. The van der Waals surface area contributed by atoms with Gasteiger partial charge in [-0.2, -0.15) is 4.98 Å². The number of nitrogens with one attached hydrogen (secondary N) is 1. The quantitative estimate of drug-likeness (QED) is 0.780. The van der Waals surface area contributed by atoms with E-state index in [-0.39, 0.29) is 11.9 Å². The van der Waals surface area contributed by atoms with Crippen molar-refractivity contribution in [2.45, 2.75) is 5.92 Å². The van der Waals surface area contributed by atoms with Gasteiger partial charge in [0.05, 0.1) is 18.6 Å². The number of nitrogens with zero attached hydrogens (tertiary/aromatic N) is 3. The van der Waals surface area contributed by atoms with Gasteiger partial charge >= 0.3 is 6.03 Å². The van der Waals surface area contributed by atoms with E-state index in [9.17, 15) is 4.79 Å². The van der Waals surface area contributed by atoms with E-state index in [0.717, 1.165) is 11.3 Å². The largest absolute Gasteiger partial charge is 0.496 e. The summed E-state index contributed by atoms with van der Waals surface area (Å²) in [6, 6.07) is 16.8. The second-order valence-corrected chi connectivity index (χ2v) is 6.05. The van der Waals surface area contributed by atoms with Gasteiger partial charge in [0, 0.05) is 18.8 Å². The average molecular weight is 350 g/mol. The Morgan fingerprint density at radius 3 is 2.65 bits per heavy atom. The first-order chi connectivity index (χ1) is 12.7. The Kier molecular flexibility index (Phi) is 4.27. The van der Waals surface area contributed by atoms with Crippen LogP contribution in [0, 0.1) is 0 Å². The van der Waals surface area contributed by atoms with Crippen molar-refractivity contribution in [2.75, 3.05) is 25.5 Å². The van der Waals surface area contributed by atoms with Crippen molar-refractivity contribution in [1.29, 1.82) is 0 Å². The molecule has 1 fully saturated rings. The fourth-order valence-corrected chi connectivity index (χ4v) is 2.86. The van der Waals surface area contributed by atoms with Crippen LogP contribution in [0.4, 0.5) is 10.5 Å². The van der Waals surface area contributed by atoms with Crippen molar-refractivity contribution < 1.29 is 14.1 Å². The smallest absolute Gasteiger partial charge is 0.321 e. The number of aromatic nitrogens is 2. The van der Waals surface area contributed by atoms with Gasteiger partial charge in [-0.3, -0.25) is 0 Å². The van der Waals surface area contributed by atoms with E-state index in [1.54, 1.807) is 12.0 Å². The number of ether oxygens (including phenoxy) is 1. The van der Waals surface area contributed by atoms with Crippen LogP contribution in [0.15, 0.2) is 59.1 Å². The zero-order valence-electron chi connectivity index (χ0n) is 14.3. The van der Waals surface area contributed by atoms with Crippen molar-refractivity contribution in [1.82, 2.24) is 15.0 Å². The van der Waals surface area contributed by atoms with Gasteiger partial charge < -0.3 is 19.5 Å². The normalized spacial score (nSPS) is 14.0. The maximum Gasteiger partial charge on any atom is 0.321 e. The minimum atomic E-state index is -0.128. The lowest BCUT2D eigenvalue weighted by atomic mass is 10.0. The van der Waals surface area contributed by atoms with E-state index in [2.05, 4.69) is 15.5 Å². The van der Waals surface area contributed by atoms with Crippen LogP contribution in [0.5, 0.6) is 5.75 Å². The molecule has 1 aliphatic heterocycles. The summed E-state index contributed by atoms with van der Waals surface area (Å²) in [7, 11) is 1.61. The Morgan fingerprint density at radius 1 is 1.15 bits per heavy atom. The minimum absolute atomic E-state index is 0.0486. The Bertz CT molecular complexity index is 904. The zero-order chi connectivity index (χ0) is 17.9. The fourth-order valence-electron chi connectivity index (χ4n) is 2.86. The highest BCUT2D eigenvalue weighted by molar-refractivity contribution is 5.89. The first-order valence-corrected chi connectivity index (χ1v) is 8.32. The number of methoxy groups -OCH3 is 1. The fraction of sp³-hybridized carbons (Fsp3) is 0.211. The number of likely N-dealkylation sites (tertiary alicyclic amines) is 1. The van der Waals surface area contributed by atoms with Crippen molar-refractivity contribution in [2.24, 2.45) is 0 Å². The molecule has 7 heteroatoms. The van der Waals surface area contributed by atoms with Crippen LogP contribution in [-0.4, -0.2) is 41.3 Å². The zero-order valence-corrected chi connectivity index (χ0v) is 14.3. The number of carbonyl (C=O) groups excluding carboxylic acids is 1. The molecule has 0 unspecified atom stereocenters. The lowest BCUT2D eigenvalue weighted by Crippen LogP contribution is -2.50. The molecule has 0 atom stereocenters. The second-order valence-electron chi connectivity index (χ2n) is 6.05. The van der Waals surface area contributed by atoms with Gasteiger partial charge in [0.1, 0.15) is 5.75 Å². The molecule has 0 bridgehead atoms. The van der Waals surface area contributed by atoms with Crippen LogP contribution in [0.1, 0.15) is 11.8 Å². The van der Waals surface area contributed by atoms with E-state index >= 15 is 0 Å². The standard InChI is InChI=1S/C19H18N4O3/c1-25-16-10-6-5-9-15(16)17-21-18(26-22-17)13-11-23(12-13)19(24)20-14-7-3-2-4-8-14/h2-10,13H,11-12H2,1H3,(H,20,24). The summed E-state index contributed by atoms with van der Waals surface area (Å²) in [5.41, 5.74) is 1.56. The number of urea groups is 1. The van der Waals surface area contributed by atoms with Gasteiger partial charge in [-0.1, -0.05) is 35.5 Å². The maximum absolute atomic E-state index is 12.2. The average Bonchev–Trinajstić information content (AvgIpc) is 3.10. The van der Waals surface area contributed by atoms with Crippen molar-refractivity contribution in [3.05, 3.63) is 60.5 Å². The summed E-state index contributed by atoms with van der Waals surface area (Å²) in [6.45, 7) is 1.10. The Balaban J connectivity index is 1.39. The summed E-state index contributed by atoms with van der Waals surface area (Å²) in [6.07, 6.45) is 0. The highest BCUT2D eigenvalue weighted by atomic mass is 16.5. The van der Waals surface area contributed by atoms with Crippen LogP contribution >= 0.6 is 0 Å². The third kappa shape index (κ3) is 3.11. The molecule has 2 amide bonds. The molecule has 0 saturated carbocycles. The van der Waals surface area contributed by atoms with Gasteiger partial charge in [-0.05, 0) is 24.3 Å². The Hall–Kier alpha value is -3.35. The van der Waals surface area contributed by atoms with Crippen LogP contribution in [0.3, 0.4) is 0 Å². The Morgan fingerprint density at radius 2 is 1.88 bits per heavy atom. The summed E-state index contributed by atoms with van der Waals surface area (Å²) < 4.78 is 10.7. The van der Waals surface area contributed by atoms with Crippen molar-refractivity contribution in [3.63, 3.8) is 0 Å². The van der Waals surface area contributed by atoms with Crippen molar-refractivity contribution in [3.8, 4) is 17.1 Å². The van der Waals surface area contributed by atoms with E-state index < -0.39 is 0 Å². The number of para-hydroxylation sites is 2. The monoisotopic (exact) mass is 350 g/mol. The van der Waals surface area contributed by atoms with Crippen molar-refractivity contribution >= 4 is 11.7 Å². The number of hydrogen-bond donors (Lipinski definition) is 1.